The summed E-state index contributed by atoms with van der Waals surface area (Å²) < 4.78 is 39.5. The van der Waals surface area contributed by atoms with Gasteiger partial charge in [0.1, 0.15) is 5.78 Å². The van der Waals surface area contributed by atoms with Gasteiger partial charge in [0.2, 0.25) is 0 Å². The lowest BCUT2D eigenvalue weighted by atomic mass is 9.63. The van der Waals surface area contributed by atoms with E-state index in [9.17, 15) is 27.9 Å². The Morgan fingerprint density at radius 2 is 1.76 bits per heavy atom. The second kappa shape index (κ2) is 7.97. The molecule has 176 valence electrons. The van der Waals surface area contributed by atoms with Crippen molar-refractivity contribution in [1.29, 1.82) is 0 Å². The maximum Gasteiger partial charge on any atom is 0.416 e. The van der Waals surface area contributed by atoms with Gasteiger partial charge in [-0.25, -0.2) is 0 Å². The molecule has 4 rings (SSSR count). The van der Waals surface area contributed by atoms with Crippen molar-refractivity contribution in [2.75, 3.05) is 4.90 Å². The van der Waals surface area contributed by atoms with Crippen LogP contribution in [0.15, 0.2) is 48.5 Å². The highest BCUT2D eigenvalue weighted by Gasteiger charge is 2.58. The number of nitrogens with zero attached hydrogens (tertiary/aromatic N) is 1. The fourth-order valence-corrected chi connectivity index (χ4v) is 5.20. The smallest absolute Gasteiger partial charge is 0.375 e. The average Bonchev–Trinajstić information content (AvgIpc) is 2.96. The van der Waals surface area contributed by atoms with E-state index in [2.05, 4.69) is 20.8 Å². The number of para-hydroxylation sites is 1. The molecule has 3 atom stereocenters. The molecule has 0 spiro atoms. The average molecular weight is 460 g/mol. The number of rotatable bonds is 3. The van der Waals surface area contributed by atoms with Gasteiger partial charge in [-0.05, 0) is 47.9 Å². The van der Waals surface area contributed by atoms with Crippen molar-refractivity contribution in [2.24, 2.45) is 17.3 Å². The molecule has 1 heterocycles. The Kier molecular flexibility index (Phi) is 5.68. The van der Waals surface area contributed by atoms with E-state index >= 15 is 0 Å². The molecule has 1 aliphatic heterocycles. The monoisotopic (exact) mass is 459 g/mol. The zero-order valence-electron chi connectivity index (χ0n) is 18.9. The first-order valence-corrected chi connectivity index (χ1v) is 11.2. The molecule has 0 unspecified atom stereocenters. The summed E-state index contributed by atoms with van der Waals surface area (Å²) in [5.74, 6) is -1.55. The lowest BCUT2D eigenvalue weighted by Gasteiger charge is -2.41. The zero-order chi connectivity index (χ0) is 24.2. The van der Waals surface area contributed by atoms with E-state index in [1.54, 1.807) is 24.3 Å². The van der Waals surface area contributed by atoms with E-state index in [4.69, 9.17) is 0 Å². The van der Waals surface area contributed by atoms with Crippen LogP contribution in [0.1, 0.15) is 56.7 Å². The van der Waals surface area contributed by atoms with Crippen molar-refractivity contribution in [3.8, 4) is 0 Å². The number of carbonyl (C=O) groups excluding carboxylic acids is 2. The number of aliphatic hydroxyl groups is 1. The second-order valence-electron chi connectivity index (χ2n) is 10.2. The topological polar surface area (TPSA) is 57.6 Å². The lowest BCUT2D eigenvalue weighted by Crippen LogP contribution is -2.51. The van der Waals surface area contributed by atoms with Gasteiger partial charge in [-0.15, -0.1) is 0 Å². The molecule has 0 radical (unpaired) electrons. The number of alkyl halides is 3. The third kappa shape index (κ3) is 4.07. The SMILES string of the molecule is CC(C)(C)[C@@H]1CCC(=O)[C@H]([C@@]2(O)C(=O)N(Cc3cccc(C(F)(F)F)c3)c3ccccc32)C1. The first-order chi connectivity index (χ1) is 15.3. The molecule has 1 amide bonds. The Labute approximate surface area is 191 Å². The molecule has 1 aliphatic carbocycles. The predicted octanol–water partition coefficient (Wildman–Crippen LogP) is 5.47. The van der Waals surface area contributed by atoms with Crippen LogP contribution in [0.2, 0.25) is 0 Å². The summed E-state index contributed by atoms with van der Waals surface area (Å²) in [6.45, 7) is 6.11. The number of Topliss-reactive ketones (excluding diaryl/α,β-unsaturated/α-hetero) is 1. The largest absolute Gasteiger partial charge is 0.416 e. The molecule has 1 fully saturated rings. The fourth-order valence-electron chi connectivity index (χ4n) is 5.20. The molecule has 2 aliphatic rings. The van der Waals surface area contributed by atoms with Crippen LogP contribution in [0.3, 0.4) is 0 Å². The van der Waals surface area contributed by atoms with Crippen LogP contribution in [0.4, 0.5) is 18.9 Å². The molecule has 4 nitrogen and oxygen atoms in total. The highest BCUT2D eigenvalue weighted by Crippen LogP contribution is 2.51. The van der Waals surface area contributed by atoms with Crippen LogP contribution in [-0.2, 0) is 27.9 Å². The van der Waals surface area contributed by atoms with Gasteiger partial charge in [0.15, 0.2) is 5.60 Å². The second-order valence-corrected chi connectivity index (χ2v) is 10.2. The number of anilines is 1. The molecular weight excluding hydrogens is 431 g/mol. The summed E-state index contributed by atoms with van der Waals surface area (Å²) in [5.41, 5.74) is -1.86. The maximum absolute atomic E-state index is 13.7. The quantitative estimate of drug-likeness (QED) is 0.662. The van der Waals surface area contributed by atoms with Gasteiger partial charge in [0.25, 0.3) is 5.91 Å². The molecule has 7 heteroatoms. The van der Waals surface area contributed by atoms with Crippen LogP contribution >= 0.6 is 0 Å². The van der Waals surface area contributed by atoms with Gasteiger partial charge in [-0.2, -0.15) is 13.2 Å². The molecule has 0 saturated heterocycles. The highest BCUT2D eigenvalue weighted by molar-refractivity contribution is 6.09. The first kappa shape index (κ1) is 23.5. The van der Waals surface area contributed by atoms with Gasteiger partial charge in [-0.3, -0.25) is 9.59 Å². The van der Waals surface area contributed by atoms with E-state index in [1.165, 1.54) is 17.0 Å². The molecule has 2 aromatic rings. The number of carbonyl (C=O) groups is 2. The molecular formula is C26H28F3NO3. The highest BCUT2D eigenvalue weighted by atomic mass is 19.4. The zero-order valence-corrected chi connectivity index (χ0v) is 18.9. The van der Waals surface area contributed by atoms with E-state index in [0.717, 1.165) is 12.1 Å². The van der Waals surface area contributed by atoms with Gasteiger partial charge in [0, 0.05) is 12.0 Å². The van der Waals surface area contributed by atoms with Crippen molar-refractivity contribution in [3.05, 3.63) is 65.2 Å². The third-order valence-electron chi connectivity index (χ3n) is 7.15. The van der Waals surface area contributed by atoms with Gasteiger partial charge in [-0.1, -0.05) is 51.1 Å². The van der Waals surface area contributed by atoms with Crippen LogP contribution in [0.25, 0.3) is 0 Å². The molecule has 0 bridgehead atoms. The van der Waals surface area contributed by atoms with E-state index in [1.807, 2.05) is 0 Å². The Balaban J connectivity index is 1.72. The van der Waals surface area contributed by atoms with Gasteiger partial charge < -0.3 is 10.0 Å². The van der Waals surface area contributed by atoms with Crippen molar-refractivity contribution in [3.63, 3.8) is 0 Å². The number of halogens is 3. The first-order valence-electron chi connectivity index (χ1n) is 11.2. The van der Waals surface area contributed by atoms with Crippen LogP contribution in [0, 0.1) is 17.3 Å². The molecule has 1 N–H and O–H groups in total. The van der Waals surface area contributed by atoms with Gasteiger partial charge in [0.05, 0.1) is 23.7 Å². The maximum atomic E-state index is 13.7. The number of hydrogen-bond donors (Lipinski definition) is 1. The van der Waals surface area contributed by atoms with E-state index in [-0.39, 0.29) is 30.1 Å². The third-order valence-corrected chi connectivity index (χ3v) is 7.15. The summed E-state index contributed by atoms with van der Waals surface area (Å²) in [6, 6.07) is 11.5. The normalized spacial score (nSPS) is 26.0. The van der Waals surface area contributed by atoms with Gasteiger partial charge >= 0.3 is 6.18 Å². The number of amides is 1. The Hall–Kier alpha value is -2.67. The minimum Gasteiger partial charge on any atom is -0.375 e. The van der Waals surface area contributed by atoms with Crippen molar-refractivity contribution < 1.29 is 27.9 Å². The predicted molar refractivity (Wildman–Crippen MR) is 118 cm³/mol. The van der Waals surface area contributed by atoms with E-state index < -0.39 is 29.2 Å². The summed E-state index contributed by atoms with van der Waals surface area (Å²) in [4.78, 5) is 28.0. The molecule has 33 heavy (non-hydrogen) atoms. The lowest BCUT2D eigenvalue weighted by molar-refractivity contribution is -0.154. The minimum atomic E-state index is -4.50. The van der Waals surface area contributed by atoms with Crippen molar-refractivity contribution in [2.45, 2.75) is 58.4 Å². The van der Waals surface area contributed by atoms with Crippen molar-refractivity contribution in [1.82, 2.24) is 0 Å². The van der Waals surface area contributed by atoms with Crippen molar-refractivity contribution >= 4 is 17.4 Å². The van der Waals surface area contributed by atoms with E-state index in [0.29, 0.717) is 29.7 Å². The molecule has 2 aromatic carbocycles. The van der Waals surface area contributed by atoms with Crippen LogP contribution in [0.5, 0.6) is 0 Å². The fraction of sp³-hybridized carbons (Fsp3) is 0.462. The standard InChI is InChI=1S/C26H28F3NO3/c1-24(2,3)17-11-12-22(31)20(14-17)25(33)19-9-4-5-10-21(19)30(23(25)32)15-16-7-6-8-18(13-16)26(27,28)29/h4-10,13,17,20,33H,11-12,14-15H2,1-3H3/t17-,20-,25-/m1/s1. The Bertz CT molecular complexity index is 1090. The Morgan fingerprint density at radius 1 is 1.06 bits per heavy atom. The summed E-state index contributed by atoms with van der Waals surface area (Å²) >= 11 is 0. The van der Waals surface area contributed by atoms with Crippen LogP contribution in [-0.4, -0.2) is 16.8 Å². The number of fused-ring (bicyclic) bond motifs is 1. The molecule has 1 saturated carbocycles. The number of benzene rings is 2. The molecule has 0 aromatic heterocycles. The minimum absolute atomic E-state index is 0.0891. The number of ketones is 1. The summed E-state index contributed by atoms with van der Waals surface area (Å²) in [5, 5.41) is 11.8. The summed E-state index contributed by atoms with van der Waals surface area (Å²) in [6.07, 6.45) is -3.12. The van der Waals surface area contributed by atoms with Crippen LogP contribution < -0.4 is 4.90 Å². The summed E-state index contributed by atoms with van der Waals surface area (Å²) in [7, 11) is 0. The number of hydrogen-bond acceptors (Lipinski definition) is 3. The Morgan fingerprint density at radius 3 is 2.42 bits per heavy atom.